The topological polar surface area (TPSA) is 44.7 Å². The Bertz CT molecular complexity index is 227. The predicted octanol–water partition coefficient (Wildman–Crippen LogP) is 0.210. The van der Waals surface area contributed by atoms with Gasteiger partial charge in [0.25, 0.3) is 0 Å². The van der Waals surface area contributed by atoms with Gasteiger partial charge in [-0.2, -0.15) is 0 Å². The Hall–Kier alpha value is -0.160. The summed E-state index contributed by atoms with van der Waals surface area (Å²) in [6, 6.07) is 0.247. The third-order valence-corrected chi connectivity index (χ3v) is 3.60. The first-order valence-corrected chi connectivity index (χ1v) is 6.32. The molecule has 0 radical (unpaired) electrons. The molecule has 0 aromatic rings. The molecule has 4 nitrogen and oxygen atoms in total. The zero-order chi connectivity index (χ0) is 11.6. The molecule has 2 unspecified atom stereocenters. The van der Waals surface area contributed by atoms with Gasteiger partial charge < -0.3 is 15.2 Å². The number of piperazine rings is 1. The van der Waals surface area contributed by atoms with E-state index in [4.69, 9.17) is 4.74 Å². The molecular formula is C12H24N2O2. The second-order valence-electron chi connectivity index (χ2n) is 5.67. The smallest absolute Gasteiger partial charge is 0.0703 e. The maximum absolute atomic E-state index is 9.38. The summed E-state index contributed by atoms with van der Waals surface area (Å²) in [5.74, 6) is 0. The van der Waals surface area contributed by atoms with Crippen LogP contribution in [0.25, 0.3) is 0 Å². The lowest BCUT2D eigenvalue weighted by Crippen LogP contribution is -2.63. The summed E-state index contributed by atoms with van der Waals surface area (Å²) in [5, 5.41) is 12.9. The van der Waals surface area contributed by atoms with E-state index in [1.165, 1.54) is 12.8 Å². The summed E-state index contributed by atoms with van der Waals surface area (Å²) in [7, 11) is 0. The van der Waals surface area contributed by atoms with E-state index in [-0.39, 0.29) is 18.2 Å². The minimum absolute atomic E-state index is 0.143. The van der Waals surface area contributed by atoms with Crippen molar-refractivity contribution in [3.8, 4) is 0 Å². The lowest BCUT2D eigenvalue weighted by atomic mass is 9.98. The first-order chi connectivity index (χ1) is 7.61. The Morgan fingerprint density at radius 1 is 1.50 bits per heavy atom. The molecule has 4 heteroatoms. The number of rotatable bonds is 3. The van der Waals surface area contributed by atoms with Crippen molar-refractivity contribution >= 4 is 0 Å². The maximum Gasteiger partial charge on any atom is 0.0703 e. The van der Waals surface area contributed by atoms with Crippen LogP contribution in [0, 0.1) is 0 Å². The average molecular weight is 228 g/mol. The molecule has 0 aromatic heterocycles. The molecule has 0 amide bonds. The molecule has 2 rings (SSSR count). The van der Waals surface area contributed by atoms with Crippen LogP contribution in [0.15, 0.2) is 0 Å². The van der Waals surface area contributed by atoms with E-state index < -0.39 is 0 Å². The fourth-order valence-corrected chi connectivity index (χ4v) is 2.66. The average Bonchev–Trinajstić information content (AvgIpc) is 2.70. The first kappa shape index (κ1) is 12.3. The number of nitrogens with zero attached hydrogens (tertiary/aromatic N) is 1. The van der Waals surface area contributed by atoms with Crippen LogP contribution in [-0.2, 0) is 4.74 Å². The first-order valence-electron chi connectivity index (χ1n) is 6.32. The molecule has 16 heavy (non-hydrogen) atoms. The van der Waals surface area contributed by atoms with E-state index in [0.29, 0.717) is 6.10 Å². The molecule has 2 aliphatic heterocycles. The normalized spacial score (nSPS) is 35.4. The van der Waals surface area contributed by atoms with Gasteiger partial charge >= 0.3 is 0 Å². The number of hydrogen-bond acceptors (Lipinski definition) is 4. The second-order valence-corrected chi connectivity index (χ2v) is 5.67. The highest BCUT2D eigenvalue weighted by Crippen LogP contribution is 2.19. The molecule has 0 aliphatic carbocycles. The van der Waals surface area contributed by atoms with Crippen molar-refractivity contribution < 1.29 is 9.84 Å². The Kier molecular flexibility index (Phi) is 3.85. The molecule has 2 fully saturated rings. The van der Waals surface area contributed by atoms with Crippen LogP contribution >= 0.6 is 0 Å². The lowest BCUT2D eigenvalue weighted by molar-refractivity contribution is 0.00943. The number of nitrogens with one attached hydrogen (secondary N) is 1. The van der Waals surface area contributed by atoms with E-state index in [1.807, 2.05) is 0 Å². The predicted molar refractivity (Wildman–Crippen MR) is 63.5 cm³/mol. The van der Waals surface area contributed by atoms with Gasteiger partial charge in [0.2, 0.25) is 0 Å². The molecule has 2 atom stereocenters. The van der Waals surface area contributed by atoms with Gasteiger partial charge in [0.15, 0.2) is 0 Å². The van der Waals surface area contributed by atoms with Crippen LogP contribution in [0.5, 0.6) is 0 Å². The maximum atomic E-state index is 9.38. The van der Waals surface area contributed by atoms with E-state index in [0.717, 1.165) is 26.2 Å². The van der Waals surface area contributed by atoms with Gasteiger partial charge in [-0.1, -0.05) is 0 Å². The third kappa shape index (κ3) is 2.94. The third-order valence-electron chi connectivity index (χ3n) is 3.60. The molecule has 0 bridgehead atoms. The molecule has 0 aromatic carbocycles. The van der Waals surface area contributed by atoms with Crippen LogP contribution in [0.4, 0.5) is 0 Å². The molecule has 0 saturated carbocycles. The summed E-state index contributed by atoms with van der Waals surface area (Å²) >= 11 is 0. The van der Waals surface area contributed by atoms with E-state index in [9.17, 15) is 5.11 Å². The minimum Gasteiger partial charge on any atom is -0.395 e. The van der Waals surface area contributed by atoms with Crippen molar-refractivity contribution in [1.29, 1.82) is 0 Å². The fraction of sp³-hybridized carbons (Fsp3) is 1.00. The highest BCUT2D eigenvalue weighted by Gasteiger charge is 2.33. The highest BCUT2D eigenvalue weighted by molar-refractivity contribution is 4.93. The van der Waals surface area contributed by atoms with Crippen LogP contribution in [0.3, 0.4) is 0 Å². The van der Waals surface area contributed by atoms with Crippen LogP contribution in [0.1, 0.15) is 26.7 Å². The summed E-state index contributed by atoms with van der Waals surface area (Å²) in [6.45, 7) is 8.39. The molecule has 2 aliphatic rings. The monoisotopic (exact) mass is 228 g/mol. The van der Waals surface area contributed by atoms with Gasteiger partial charge in [0.05, 0.1) is 12.7 Å². The number of ether oxygens (including phenoxy) is 1. The zero-order valence-corrected chi connectivity index (χ0v) is 10.4. The summed E-state index contributed by atoms with van der Waals surface area (Å²) in [5.41, 5.74) is 0.143. The van der Waals surface area contributed by atoms with E-state index in [2.05, 4.69) is 24.1 Å². The fourth-order valence-electron chi connectivity index (χ4n) is 2.66. The zero-order valence-electron chi connectivity index (χ0n) is 10.4. The Balaban J connectivity index is 1.91. The van der Waals surface area contributed by atoms with Crippen molar-refractivity contribution in [3.63, 3.8) is 0 Å². The van der Waals surface area contributed by atoms with Crippen molar-refractivity contribution in [3.05, 3.63) is 0 Å². The number of aliphatic hydroxyl groups excluding tert-OH is 1. The summed E-state index contributed by atoms with van der Waals surface area (Å²) in [4.78, 5) is 2.38. The van der Waals surface area contributed by atoms with Crippen LogP contribution in [0.2, 0.25) is 0 Å². The minimum atomic E-state index is 0.143. The molecule has 2 saturated heterocycles. The summed E-state index contributed by atoms with van der Waals surface area (Å²) in [6.07, 6.45) is 2.73. The molecule has 2 N–H and O–H groups in total. The van der Waals surface area contributed by atoms with Gasteiger partial charge in [-0.05, 0) is 26.7 Å². The van der Waals surface area contributed by atoms with Crippen molar-refractivity contribution in [2.24, 2.45) is 0 Å². The second kappa shape index (κ2) is 5.00. The standard InChI is InChI=1S/C12H24N2O2/c1-12(2)9-14(10(8-15)6-13-12)7-11-4-3-5-16-11/h10-11,13,15H,3-9H2,1-2H3. The Labute approximate surface area is 98.0 Å². The molecular weight excluding hydrogens is 204 g/mol. The van der Waals surface area contributed by atoms with E-state index >= 15 is 0 Å². The largest absolute Gasteiger partial charge is 0.395 e. The SMILES string of the molecule is CC1(C)CN(CC2CCCO2)C(CO)CN1. The van der Waals surface area contributed by atoms with Crippen molar-refractivity contribution in [2.45, 2.75) is 44.4 Å². The highest BCUT2D eigenvalue weighted by atomic mass is 16.5. The van der Waals surface area contributed by atoms with Crippen LogP contribution in [-0.4, -0.2) is 60.5 Å². The van der Waals surface area contributed by atoms with Gasteiger partial charge in [-0.25, -0.2) is 0 Å². The molecule has 94 valence electrons. The van der Waals surface area contributed by atoms with Crippen LogP contribution < -0.4 is 5.32 Å². The number of hydrogen-bond donors (Lipinski definition) is 2. The van der Waals surface area contributed by atoms with Gasteiger partial charge in [-0.3, -0.25) is 4.90 Å². The molecule has 2 heterocycles. The van der Waals surface area contributed by atoms with Gasteiger partial charge in [0, 0.05) is 37.8 Å². The van der Waals surface area contributed by atoms with Gasteiger partial charge in [0.1, 0.15) is 0 Å². The van der Waals surface area contributed by atoms with E-state index in [1.54, 1.807) is 0 Å². The quantitative estimate of drug-likeness (QED) is 0.725. The molecule has 0 spiro atoms. The lowest BCUT2D eigenvalue weighted by Gasteiger charge is -2.44. The van der Waals surface area contributed by atoms with Crippen molar-refractivity contribution in [1.82, 2.24) is 10.2 Å². The Morgan fingerprint density at radius 3 is 2.94 bits per heavy atom. The Morgan fingerprint density at radius 2 is 2.31 bits per heavy atom. The van der Waals surface area contributed by atoms with Gasteiger partial charge in [-0.15, -0.1) is 0 Å². The van der Waals surface area contributed by atoms with Crippen molar-refractivity contribution in [2.75, 3.05) is 32.8 Å². The summed E-state index contributed by atoms with van der Waals surface area (Å²) < 4.78 is 5.67. The number of aliphatic hydroxyl groups is 1.